The maximum atomic E-state index is 5.84. The first-order valence-electron chi connectivity index (χ1n) is 7.19. The standard InChI is InChI=1S/C17H20N2O2/c1-17(2,3)19-9-8-16-18-10-15(21-16)13-11-20-14-7-5-4-6-12(13)14/h4-7,10-11,19H,8-9H2,1-3H3. The Hall–Kier alpha value is -2.07. The van der Waals surface area contributed by atoms with E-state index >= 15 is 0 Å². The summed E-state index contributed by atoms with van der Waals surface area (Å²) in [6.07, 6.45) is 4.26. The fourth-order valence-corrected chi connectivity index (χ4v) is 2.26. The van der Waals surface area contributed by atoms with Crippen LogP contribution in [0.2, 0.25) is 0 Å². The Balaban J connectivity index is 1.76. The summed E-state index contributed by atoms with van der Waals surface area (Å²) in [6, 6.07) is 7.92. The lowest BCUT2D eigenvalue weighted by Crippen LogP contribution is -2.37. The molecule has 0 saturated heterocycles. The van der Waals surface area contributed by atoms with E-state index in [0.29, 0.717) is 0 Å². The van der Waals surface area contributed by atoms with Crippen molar-refractivity contribution in [3.8, 4) is 11.3 Å². The fraction of sp³-hybridized carbons (Fsp3) is 0.353. The van der Waals surface area contributed by atoms with Crippen LogP contribution in [0, 0.1) is 0 Å². The van der Waals surface area contributed by atoms with Crippen molar-refractivity contribution in [1.29, 1.82) is 0 Å². The topological polar surface area (TPSA) is 51.2 Å². The molecule has 4 heteroatoms. The van der Waals surface area contributed by atoms with Crippen molar-refractivity contribution < 1.29 is 8.83 Å². The number of fused-ring (bicyclic) bond motifs is 1. The lowest BCUT2D eigenvalue weighted by Gasteiger charge is -2.19. The summed E-state index contributed by atoms with van der Waals surface area (Å²) in [5, 5.41) is 4.47. The second kappa shape index (κ2) is 5.37. The van der Waals surface area contributed by atoms with Gasteiger partial charge in [0, 0.05) is 23.9 Å². The van der Waals surface area contributed by atoms with E-state index in [4.69, 9.17) is 8.83 Å². The number of benzene rings is 1. The van der Waals surface area contributed by atoms with E-state index in [-0.39, 0.29) is 5.54 Å². The molecule has 0 unspecified atom stereocenters. The molecule has 0 saturated carbocycles. The van der Waals surface area contributed by atoms with Gasteiger partial charge in [0.05, 0.1) is 11.8 Å². The number of nitrogens with one attached hydrogen (secondary N) is 1. The molecule has 0 aliphatic heterocycles. The molecule has 0 spiro atoms. The minimum absolute atomic E-state index is 0.107. The number of aromatic nitrogens is 1. The van der Waals surface area contributed by atoms with Crippen molar-refractivity contribution in [2.24, 2.45) is 0 Å². The molecule has 0 radical (unpaired) electrons. The molecule has 1 N–H and O–H groups in total. The molecule has 3 rings (SSSR count). The van der Waals surface area contributed by atoms with Gasteiger partial charge < -0.3 is 14.2 Å². The lowest BCUT2D eigenvalue weighted by molar-refractivity contribution is 0.412. The van der Waals surface area contributed by atoms with Crippen LogP contribution in [0.4, 0.5) is 0 Å². The van der Waals surface area contributed by atoms with Crippen LogP contribution in [0.5, 0.6) is 0 Å². The average molecular weight is 284 g/mol. The molecule has 0 aliphatic carbocycles. The van der Waals surface area contributed by atoms with Crippen LogP contribution < -0.4 is 5.32 Å². The summed E-state index contributed by atoms with van der Waals surface area (Å²) in [4.78, 5) is 4.35. The van der Waals surface area contributed by atoms with E-state index < -0.39 is 0 Å². The van der Waals surface area contributed by atoms with Crippen LogP contribution >= 0.6 is 0 Å². The van der Waals surface area contributed by atoms with Gasteiger partial charge in [0.15, 0.2) is 11.7 Å². The molecule has 0 atom stereocenters. The molecule has 4 nitrogen and oxygen atoms in total. The van der Waals surface area contributed by atoms with Gasteiger partial charge in [-0.05, 0) is 26.8 Å². The van der Waals surface area contributed by atoms with Crippen LogP contribution in [0.25, 0.3) is 22.3 Å². The van der Waals surface area contributed by atoms with Gasteiger partial charge in [-0.3, -0.25) is 0 Å². The Bertz CT molecular complexity index is 734. The minimum Gasteiger partial charge on any atom is -0.464 e. The van der Waals surface area contributed by atoms with Crippen molar-refractivity contribution in [3.05, 3.63) is 42.6 Å². The summed E-state index contributed by atoms with van der Waals surface area (Å²) in [5.41, 5.74) is 1.92. The Morgan fingerprint density at radius 3 is 2.81 bits per heavy atom. The van der Waals surface area contributed by atoms with Gasteiger partial charge in [0.2, 0.25) is 0 Å². The van der Waals surface area contributed by atoms with E-state index in [1.165, 1.54) is 0 Å². The lowest BCUT2D eigenvalue weighted by atomic mass is 10.1. The molecular weight excluding hydrogens is 264 g/mol. The first kappa shape index (κ1) is 13.9. The second-order valence-electron chi connectivity index (χ2n) is 6.19. The van der Waals surface area contributed by atoms with Crippen molar-refractivity contribution in [2.45, 2.75) is 32.7 Å². The summed E-state index contributed by atoms with van der Waals surface area (Å²) >= 11 is 0. The van der Waals surface area contributed by atoms with E-state index in [2.05, 4.69) is 31.1 Å². The van der Waals surface area contributed by atoms with Gasteiger partial charge in [-0.25, -0.2) is 4.98 Å². The molecule has 21 heavy (non-hydrogen) atoms. The second-order valence-corrected chi connectivity index (χ2v) is 6.19. The van der Waals surface area contributed by atoms with Gasteiger partial charge >= 0.3 is 0 Å². The van der Waals surface area contributed by atoms with E-state index in [0.717, 1.165) is 41.1 Å². The maximum Gasteiger partial charge on any atom is 0.196 e. The van der Waals surface area contributed by atoms with E-state index in [1.54, 1.807) is 12.5 Å². The van der Waals surface area contributed by atoms with E-state index in [1.807, 2.05) is 24.3 Å². The number of hydrogen-bond donors (Lipinski definition) is 1. The first-order valence-corrected chi connectivity index (χ1v) is 7.19. The summed E-state index contributed by atoms with van der Waals surface area (Å²) in [7, 11) is 0. The van der Waals surface area contributed by atoms with Crippen LogP contribution in [0.3, 0.4) is 0 Å². The number of oxazole rings is 1. The highest BCUT2D eigenvalue weighted by atomic mass is 16.4. The predicted molar refractivity (Wildman–Crippen MR) is 83.2 cm³/mol. The predicted octanol–water partition coefficient (Wildman–Crippen LogP) is 4.02. The molecular formula is C17H20N2O2. The number of para-hydroxylation sites is 1. The van der Waals surface area contributed by atoms with Gasteiger partial charge in [-0.2, -0.15) is 0 Å². The summed E-state index contributed by atoms with van der Waals surface area (Å²) < 4.78 is 11.4. The summed E-state index contributed by atoms with van der Waals surface area (Å²) in [6.45, 7) is 7.28. The Labute approximate surface area is 124 Å². The highest BCUT2D eigenvalue weighted by molar-refractivity contribution is 5.92. The quantitative estimate of drug-likeness (QED) is 0.786. The highest BCUT2D eigenvalue weighted by Crippen LogP contribution is 2.30. The highest BCUT2D eigenvalue weighted by Gasteiger charge is 2.13. The molecule has 0 bridgehead atoms. The molecule has 2 heterocycles. The van der Waals surface area contributed by atoms with Crippen molar-refractivity contribution in [2.75, 3.05) is 6.54 Å². The molecule has 2 aromatic heterocycles. The molecule has 1 aromatic carbocycles. The molecule has 3 aromatic rings. The first-order chi connectivity index (χ1) is 10.0. The van der Waals surface area contributed by atoms with Crippen molar-refractivity contribution >= 4 is 11.0 Å². The Morgan fingerprint density at radius 1 is 1.19 bits per heavy atom. The number of nitrogens with zero attached hydrogens (tertiary/aromatic N) is 1. The maximum absolute atomic E-state index is 5.84. The monoisotopic (exact) mass is 284 g/mol. The SMILES string of the molecule is CC(C)(C)NCCc1ncc(-c2coc3ccccc23)o1. The van der Waals surface area contributed by atoms with Gasteiger partial charge in [0.1, 0.15) is 11.8 Å². The average Bonchev–Trinajstić information content (AvgIpc) is 3.03. The molecule has 110 valence electrons. The summed E-state index contributed by atoms with van der Waals surface area (Å²) in [5.74, 6) is 1.50. The van der Waals surface area contributed by atoms with E-state index in [9.17, 15) is 0 Å². The number of hydrogen-bond acceptors (Lipinski definition) is 4. The van der Waals surface area contributed by atoms with Crippen molar-refractivity contribution in [1.82, 2.24) is 10.3 Å². The Morgan fingerprint density at radius 2 is 2.00 bits per heavy atom. The van der Waals surface area contributed by atoms with Gasteiger partial charge in [-0.1, -0.05) is 18.2 Å². The largest absolute Gasteiger partial charge is 0.464 e. The minimum atomic E-state index is 0.107. The smallest absolute Gasteiger partial charge is 0.196 e. The zero-order valence-electron chi connectivity index (χ0n) is 12.6. The van der Waals surface area contributed by atoms with Crippen LogP contribution in [-0.2, 0) is 6.42 Å². The molecule has 0 amide bonds. The van der Waals surface area contributed by atoms with Crippen LogP contribution in [0.1, 0.15) is 26.7 Å². The van der Waals surface area contributed by atoms with Crippen molar-refractivity contribution in [3.63, 3.8) is 0 Å². The third kappa shape index (κ3) is 3.16. The molecule has 0 fully saturated rings. The fourth-order valence-electron chi connectivity index (χ4n) is 2.26. The number of furan rings is 1. The van der Waals surface area contributed by atoms with Gasteiger partial charge in [-0.15, -0.1) is 0 Å². The third-order valence-corrected chi connectivity index (χ3v) is 3.29. The Kier molecular flexibility index (Phi) is 3.55. The zero-order chi connectivity index (χ0) is 14.9. The van der Waals surface area contributed by atoms with Crippen LogP contribution in [0.15, 0.2) is 45.6 Å². The molecule has 0 aliphatic rings. The number of rotatable bonds is 4. The van der Waals surface area contributed by atoms with Crippen LogP contribution in [-0.4, -0.2) is 17.1 Å². The van der Waals surface area contributed by atoms with Gasteiger partial charge in [0.25, 0.3) is 0 Å². The normalized spacial score (nSPS) is 12.1. The third-order valence-electron chi connectivity index (χ3n) is 3.29. The zero-order valence-corrected chi connectivity index (χ0v) is 12.6.